The first-order valence-electron chi connectivity index (χ1n) is 9.54. The van der Waals surface area contributed by atoms with E-state index in [0.717, 1.165) is 4.90 Å². The van der Waals surface area contributed by atoms with Gasteiger partial charge < -0.3 is 10.1 Å². The Bertz CT molecular complexity index is 907. The minimum absolute atomic E-state index is 0.159. The van der Waals surface area contributed by atoms with E-state index in [-0.39, 0.29) is 22.6 Å². The van der Waals surface area contributed by atoms with Gasteiger partial charge in [0.2, 0.25) is 11.8 Å². The van der Waals surface area contributed by atoms with Crippen molar-refractivity contribution in [2.45, 2.75) is 24.1 Å². The number of fused-ring (bicyclic) bond motifs is 5. The Morgan fingerprint density at radius 1 is 1.13 bits per heavy atom. The molecule has 0 aromatic heterocycles. The number of amides is 3. The van der Waals surface area contributed by atoms with Gasteiger partial charge in [-0.1, -0.05) is 17.7 Å². The number of carbonyl (C=O) groups excluding carboxylic acids is 4. The molecule has 3 amide bonds. The monoisotopic (exact) mass is 472 g/mol. The lowest BCUT2D eigenvalue weighted by molar-refractivity contribution is -0.154. The highest BCUT2D eigenvalue weighted by Crippen LogP contribution is 2.59. The van der Waals surface area contributed by atoms with Gasteiger partial charge in [-0.3, -0.25) is 24.1 Å². The normalized spacial score (nSPS) is 31.8. The van der Waals surface area contributed by atoms with Crippen molar-refractivity contribution in [1.82, 2.24) is 4.90 Å². The maximum atomic E-state index is 12.7. The van der Waals surface area contributed by atoms with Gasteiger partial charge in [0.25, 0.3) is 5.91 Å². The van der Waals surface area contributed by atoms with Crippen LogP contribution < -0.4 is 5.32 Å². The molecule has 1 aromatic rings. The Hall–Kier alpha value is -1.83. The number of benzene rings is 1. The van der Waals surface area contributed by atoms with Gasteiger partial charge in [0.1, 0.15) is 6.54 Å². The predicted octanol–water partition coefficient (Wildman–Crippen LogP) is 2.60. The van der Waals surface area contributed by atoms with Crippen LogP contribution in [0.5, 0.6) is 0 Å². The standard InChI is InChI=1S/C20H19Cl3N2O5/c1-8-11(21)3-2-4-12(8)24-13(26)7-30-14(27)6-25-19(28)15-9-5-10(16(15)20(25)29)18(23)17(9)22/h2-4,9-10,15-18H,5-7H2,1H3,(H,24,26)/t9-,10-,15-,16-,17-,18+/m1/s1. The first kappa shape index (κ1) is 21.4. The zero-order valence-corrected chi connectivity index (χ0v) is 18.2. The van der Waals surface area contributed by atoms with Gasteiger partial charge in [0, 0.05) is 10.7 Å². The molecule has 2 saturated carbocycles. The third kappa shape index (κ3) is 3.47. The van der Waals surface area contributed by atoms with Gasteiger partial charge in [0.05, 0.1) is 22.6 Å². The zero-order chi connectivity index (χ0) is 21.7. The number of alkyl halides is 2. The molecule has 1 N–H and O–H groups in total. The van der Waals surface area contributed by atoms with E-state index in [9.17, 15) is 19.2 Å². The molecule has 1 heterocycles. The number of ether oxygens (including phenoxy) is 1. The fourth-order valence-electron chi connectivity index (χ4n) is 4.82. The number of rotatable bonds is 5. The first-order valence-corrected chi connectivity index (χ1v) is 10.8. The second kappa shape index (κ2) is 8.02. The number of hydrogen-bond donors (Lipinski definition) is 1. The van der Waals surface area contributed by atoms with Crippen LogP contribution in [-0.4, -0.2) is 52.5 Å². The minimum Gasteiger partial charge on any atom is -0.454 e. The van der Waals surface area contributed by atoms with Gasteiger partial charge in [-0.2, -0.15) is 0 Å². The molecule has 160 valence electrons. The average Bonchev–Trinajstić information content (AvgIpc) is 3.31. The molecule has 1 saturated heterocycles. The lowest BCUT2D eigenvalue weighted by Crippen LogP contribution is -2.38. The quantitative estimate of drug-likeness (QED) is 0.403. The number of hydrogen-bond acceptors (Lipinski definition) is 5. The molecule has 1 aliphatic heterocycles. The molecule has 2 bridgehead atoms. The zero-order valence-electron chi connectivity index (χ0n) is 15.9. The van der Waals surface area contributed by atoms with Crippen LogP contribution in [0.15, 0.2) is 18.2 Å². The smallest absolute Gasteiger partial charge is 0.326 e. The van der Waals surface area contributed by atoms with Gasteiger partial charge >= 0.3 is 5.97 Å². The van der Waals surface area contributed by atoms with Crippen LogP contribution in [0, 0.1) is 30.6 Å². The lowest BCUT2D eigenvalue weighted by Gasteiger charge is -2.28. The van der Waals surface area contributed by atoms with Gasteiger partial charge in [-0.25, -0.2) is 0 Å². The molecule has 3 fully saturated rings. The Morgan fingerprint density at radius 3 is 2.33 bits per heavy atom. The summed E-state index contributed by atoms with van der Waals surface area (Å²) < 4.78 is 4.96. The Kier molecular flexibility index (Phi) is 5.72. The van der Waals surface area contributed by atoms with Gasteiger partial charge in [-0.05, 0) is 42.9 Å². The van der Waals surface area contributed by atoms with Crippen LogP contribution in [0.2, 0.25) is 5.02 Å². The van der Waals surface area contributed by atoms with Crippen LogP contribution in [0.4, 0.5) is 5.69 Å². The SMILES string of the molecule is Cc1c(Cl)cccc1NC(=O)COC(=O)CN1C(=O)[C@@H]2[C@H]3C[C@@H]([C@@H](Cl)[C@H]3Cl)[C@H]2C1=O. The second-order valence-electron chi connectivity index (χ2n) is 7.89. The molecule has 2 aliphatic carbocycles. The third-order valence-electron chi connectivity index (χ3n) is 6.27. The number of halogens is 3. The molecule has 0 spiro atoms. The van der Waals surface area contributed by atoms with Crippen LogP contribution in [0.3, 0.4) is 0 Å². The van der Waals surface area contributed by atoms with E-state index in [2.05, 4.69) is 5.32 Å². The summed E-state index contributed by atoms with van der Waals surface area (Å²) in [5, 5.41) is 2.37. The molecule has 3 aliphatic rings. The molecular formula is C20H19Cl3N2O5. The van der Waals surface area contributed by atoms with Crippen LogP contribution in [0.25, 0.3) is 0 Å². The summed E-state index contributed by atoms with van der Waals surface area (Å²) in [6.45, 7) is 0.662. The lowest BCUT2D eigenvalue weighted by atomic mass is 9.80. The molecule has 30 heavy (non-hydrogen) atoms. The number of likely N-dealkylation sites (tertiary alicyclic amines) is 1. The minimum atomic E-state index is -0.841. The first-order chi connectivity index (χ1) is 14.2. The third-order valence-corrected chi connectivity index (χ3v) is 8.00. The van der Waals surface area contributed by atoms with E-state index >= 15 is 0 Å². The van der Waals surface area contributed by atoms with Crippen molar-refractivity contribution in [3.8, 4) is 0 Å². The topological polar surface area (TPSA) is 92.8 Å². The molecule has 1 aromatic carbocycles. The van der Waals surface area contributed by atoms with E-state index in [1.54, 1.807) is 25.1 Å². The van der Waals surface area contributed by atoms with Crippen molar-refractivity contribution in [3.63, 3.8) is 0 Å². The maximum Gasteiger partial charge on any atom is 0.326 e. The molecular weight excluding hydrogens is 455 g/mol. The fourth-order valence-corrected chi connectivity index (χ4v) is 5.88. The summed E-state index contributed by atoms with van der Waals surface area (Å²) in [4.78, 5) is 50.6. The molecule has 0 unspecified atom stereocenters. The van der Waals surface area contributed by atoms with Crippen molar-refractivity contribution in [1.29, 1.82) is 0 Å². The molecule has 7 nitrogen and oxygen atoms in total. The number of nitrogens with one attached hydrogen (secondary N) is 1. The summed E-state index contributed by atoms with van der Waals surface area (Å²) in [5.74, 6) is -3.60. The van der Waals surface area contributed by atoms with E-state index in [1.807, 2.05) is 0 Å². The van der Waals surface area contributed by atoms with E-state index in [4.69, 9.17) is 39.5 Å². The summed E-state index contributed by atoms with van der Waals surface area (Å²) in [7, 11) is 0. The van der Waals surface area contributed by atoms with Gasteiger partial charge in [0.15, 0.2) is 6.61 Å². The highest BCUT2D eigenvalue weighted by Gasteiger charge is 2.66. The number of nitrogens with zero attached hydrogens (tertiary/aromatic N) is 1. The Labute approximate surface area is 188 Å². The summed E-state index contributed by atoms with van der Waals surface area (Å²) in [5.41, 5.74) is 1.19. The van der Waals surface area contributed by atoms with Crippen molar-refractivity contribution in [2.75, 3.05) is 18.5 Å². The highest BCUT2D eigenvalue weighted by atomic mass is 35.5. The Morgan fingerprint density at radius 2 is 1.73 bits per heavy atom. The summed E-state index contributed by atoms with van der Waals surface area (Å²) in [6, 6.07) is 5.04. The van der Waals surface area contributed by atoms with Crippen LogP contribution in [-0.2, 0) is 23.9 Å². The van der Waals surface area contributed by atoms with Crippen molar-refractivity contribution < 1.29 is 23.9 Å². The Balaban J connectivity index is 1.33. The molecule has 4 rings (SSSR count). The molecule has 10 heteroatoms. The van der Waals surface area contributed by atoms with Gasteiger partial charge in [-0.15, -0.1) is 23.2 Å². The largest absolute Gasteiger partial charge is 0.454 e. The fraction of sp³-hybridized carbons (Fsp3) is 0.500. The summed E-state index contributed by atoms with van der Waals surface area (Å²) in [6.07, 6.45) is 0.649. The van der Waals surface area contributed by atoms with Crippen molar-refractivity contribution in [3.05, 3.63) is 28.8 Å². The molecule has 6 atom stereocenters. The van der Waals surface area contributed by atoms with Crippen molar-refractivity contribution >= 4 is 64.2 Å². The van der Waals surface area contributed by atoms with E-state index in [1.165, 1.54) is 0 Å². The number of imide groups is 1. The van der Waals surface area contributed by atoms with Crippen molar-refractivity contribution in [2.24, 2.45) is 23.7 Å². The van der Waals surface area contributed by atoms with Crippen LogP contribution >= 0.6 is 34.8 Å². The number of carbonyl (C=O) groups is 4. The highest BCUT2D eigenvalue weighted by molar-refractivity contribution is 6.32. The average molecular weight is 474 g/mol. The predicted molar refractivity (Wildman–Crippen MR) is 110 cm³/mol. The van der Waals surface area contributed by atoms with Crippen LogP contribution in [0.1, 0.15) is 12.0 Å². The summed E-state index contributed by atoms with van der Waals surface area (Å²) >= 11 is 18.6. The number of esters is 1. The second-order valence-corrected chi connectivity index (χ2v) is 9.30. The van der Waals surface area contributed by atoms with E-state index < -0.39 is 48.7 Å². The van der Waals surface area contributed by atoms with E-state index in [0.29, 0.717) is 22.7 Å². The molecule has 0 radical (unpaired) electrons. The number of anilines is 1. The maximum absolute atomic E-state index is 12.7.